The Morgan fingerprint density at radius 3 is 2.31 bits per heavy atom. The number of hydrogen-bond donors (Lipinski definition) is 1. The van der Waals surface area contributed by atoms with Crippen LogP contribution in [0.1, 0.15) is 0 Å². The predicted octanol–water partition coefficient (Wildman–Crippen LogP) is 2.25. The number of rotatable bonds is 7. The lowest BCUT2D eigenvalue weighted by Crippen LogP contribution is -2.37. The number of carbonyl (C=O) groups excluding carboxylic acids is 1. The van der Waals surface area contributed by atoms with Gasteiger partial charge in [0.1, 0.15) is 23.9 Å². The Hall–Kier alpha value is -2.81. The molecule has 0 bridgehead atoms. The first-order valence-corrected chi connectivity index (χ1v) is 9.34. The van der Waals surface area contributed by atoms with Gasteiger partial charge in [-0.3, -0.25) is 9.10 Å². The van der Waals surface area contributed by atoms with Crippen molar-refractivity contribution in [2.24, 2.45) is 0 Å². The molecule has 140 valence electrons. The lowest BCUT2D eigenvalue weighted by atomic mass is 10.2. The van der Waals surface area contributed by atoms with Crippen molar-refractivity contribution in [1.82, 2.24) is 0 Å². The van der Waals surface area contributed by atoms with Crippen molar-refractivity contribution in [3.05, 3.63) is 48.3 Å². The highest BCUT2D eigenvalue weighted by Gasteiger charge is 2.21. The molecule has 2 aromatic carbocycles. The number of hydrogen-bond acceptors (Lipinski definition) is 5. The van der Waals surface area contributed by atoms with Crippen LogP contribution in [-0.4, -0.2) is 41.3 Å². The minimum atomic E-state index is -3.75. The number of nitrogens with one attached hydrogen (secondary N) is 1. The fourth-order valence-electron chi connectivity index (χ4n) is 2.23. The molecule has 0 radical (unpaired) electrons. The van der Waals surface area contributed by atoms with Gasteiger partial charge in [-0.15, -0.1) is 0 Å². The highest BCUT2D eigenvalue weighted by Crippen LogP contribution is 2.29. The third-order valence-corrected chi connectivity index (χ3v) is 4.63. The monoisotopic (exact) mass is 382 g/mol. The number of carbonyl (C=O) groups is 1. The maximum absolute atomic E-state index is 13.1. The Balaban J connectivity index is 2.22. The quantitative estimate of drug-likeness (QED) is 0.794. The number of ether oxygens (including phenoxy) is 2. The van der Waals surface area contributed by atoms with Crippen LogP contribution in [0.15, 0.2) is 42.5 Å². The normalized spacial score (nSPS) is 10.9. The van der Waals surface area contributed by atoms with Crippen molar-refractivity contribution in [3.8, 4) is 11.5 Å². The van der Waals surface area contributed by atoms with E-state index in [4.69, 9.17) is 9.47 Å². The van der Waals surface area contributed by atoms with Crippen molar-refractivity contribution in [1.29, 1.82) is 0 Å². The Labute approximate surface area is 151 Å². The Kier molecular flexibility index (Phi) is 6.04. The second kappa shape index (κ2) is 8.05. The molecule has 7 nitrogen and oxygen atoms in total. The average Bonchev–Trinajstić information content (AvgIpc) is 2.60. The van der Waals surface area contributed by atoms with E-state index in [0.29, 0.717) is 17.2 Å². The average molecular weight is 382 g/mol. The summed E-state index contributed by atoms with van der Waals surface area (Å²) in [5, 5.41) is 2.60. The smallest absolute Gasteiger partial charge is 0.245 e. The van der Waals surface area contributed by atoms with Gasteiger partial charge in [-0.2, -0.15) is 0 Å². The van der Waals surface area contributed by atoms with Gasteiger partial charge in [0.2, 0.25) is 15.9 Å². The van der Waals surface area contributed by atoms with Gasteiger partial charge < -0.3 is 14.8 Å². The van der Waals surface area contributed by atoms with E-state index >= 15 is 0 Å². The van der Waals surface area contributed by atoms with Gasteiger partial charge in [0, 0.05) is 6.07 Å². The largest absolute Gasteiger partial charge is 0.497 e. The molecule has 26 heavy (non-hydrogen) atoms. The van der Waals surface area contributed by atoms with Gasteiger partial charge in [-0.25, -0.2) is 12.8 Å². The number of amides is 1. The number of halogens is 1. The molecule has 0 fully saturated rings. The summed E-state index contributed by atoms with van der Waals surface area (Å²) >= 11 is 0. The summed E-state index contributed by atoms with van der Waals surface area (Å²) < 4.78 is 48.3. The van der Waals surface area contributed by atoms with Crippen LogP contribution >= 0.6 is 0 Å². The predicted molar refractivity (Wildman–Crippen MR) is 96.8 cm³/mol. The number of benzene rings is 2. The summed E-state index contributed by atoms with van der Waals surface area (Å²) in [5.74, 6) is -0.174. The number of methoxy groups -OCH3 is 2. The molecule has 1 amide bonds. The first-order chi connectivity index (χ1) is 12.2. The maximum Gasteiger partial charge on any atom is 0.245 e. The van der Waals surface area contributed by atoms with Crippen molar-refractivity contribution in [2.75, 3.05) is 36.6 Å². The second-order valence-corrected chi connectivity index (χ2v) is 7.27. The summed E-state index contributed by atoms with van der Waals surface area (Å²) in [6.07, 6.45) is 0.970. The SMILES string of the molecule is COc1ccc(NC(=O)CN(c2ccc(F)cc2)S(C)(=O)=O)c(OC)c1. The van der Waals surface area contributed by atoms with Gasteiger partial charge >= 0.3 is 0 Å². The molecule has 0 aliphatic carbocycles. The van der Waals surface area contributed by atoms with Gasteiger partial charge in [-0.05, 0) is 36.4 Å². The zero-order valence-corrected chi connectivity index (χ0v) is 15.3. The van der Waals surface area contributed by atoms with Crippen LogP contribution in [0.5, 0.6) is 11.5 Å². The molecule has 0 saturated carbocycles. The van der Waals surface area contributed by atoms with Crippen molar-refractivity contribution >= 4 is 27.3 Å². The van der Waals surface area contributed by atoms with E-state index in [1.54, 1.807) is 18.2 Å². The summed E-state index contributed by atoms with van der Waals surface area (Å²) in [5.41, 5.74) is 0.552. The summed E-state index contributed by atoms with van der Waals surface area (Å²) in [4.78, 5) is 12.4. The Bertz CT molecular complexity index is 885. The minimum absolute atomic E-state index is 0.186. The summed E-state index contributed by atoms with van der Waals surface area (Å²) in [6.45, 7) is -0.473. The summed E-state index contributed by atoms with van der Waals surface area (Å²) in [6, 6.07) is 9.62. The van der Waals surface area contributed by atoms with Gasteiger partial charge in [0.25, 0.3) is 0 Å². The second-order valence-electron chi connectivity index (χ2n) is 5.36. The van der Waals surface area contributed by atoms with Crippen LogP contribution in [0.2, 0.25) is 0 Å². The molecule has 0 heterocycles. The highest BCUT2D eigenvalue weighted by molar-refractivity contribution is 7.92. The van der Waals surface area contributed by atoms with Crippen LogP contribution in [0, 0.1) is 5.82 Å². The van der Waals surface area contributed by atoms with Crippen molar-refractivity contribution < 1.29 is 27.1 Å². The molecule has 0 aliphatic heterocycles. The van der Waals surface area contributed by atoms with Crippen LogP contribution in [-0.2, 0) is 14.8 Å². The van der Waals surface area contributed by atoms with Crippen LogP contribution in [0.4, 0.5) is 15.8 Å². The lowest BCUT2D eigenvalue weighted by molar-refractivity contribution is -0.114. The number of anilines is 2. The van der Waals surface area contributed by atoms with Gasteiger partial charge in [0.15, 0.2) is 0 Å². The molecule has 0 aliphatic rings. The fourth-order valence-corrected chi connectivity index (χ4v) is 3.09. The maximum atomic E-state index is 13.1. The van der Waals surface area contributed by atoms with Crippen LogP contribution in [0.3, 0.4) is 0 Å². The van der Waals surface area contributed by atoms with E-state index in [1.807, 2.05) is 0 Å². The molecule has 0 spiro atoms. The number of nitrogens with zero attached hydrogens (tertiary/aromatic N) is 1. The molecule has 0 aromatic heterocycles. The highest BCUT2D eigenvalue weighted by atomic mass is 32.2. The number of sulfonamides is 1. The molecule has 0 saturated heterocycles. The lowest BCUT2D eigenvalue weighted by Gasteiger charge is -2.22. The van der Waals surface area contributed by atoms with Gasteiger partial charge in [-0.1, -0.05) is 0 Å². The molecule has 2 rings (SSSR count). The molecular weight excluding hydrogens is 363 g/mol. The molecule has 0 unspecified atom stereocenters. The third-order valence-electron chi connectivity index (χ3n) is 3.48. The first kappa shape index (κ1) is 19.5. The zero-order valence-electron chi connectivity index (χ0n) is 14.5. The minimum Gasteiger partial charge on any atom is -0.497 e. The van der Waals surface area contributed by atoms with E-state index in [-0.39, 0.29) is 5.69 Å². The molecule has 2 aromatic rings. The topological polar surface area (TPSA) is 84.9 Å². The van der Waals surface area contributed by atoms with E-state index in [2.05, 4.69) is 5.32 Å². The van der Waals surface area contributed by atoms with Crippen molar-refractivity contribution in [3.63, 3.8) is 0 Å². The van der Waals surface area contributed by atoms with E-state index in [9.17, 15) is 17.6 Å². The molecular formula is C17H19FN2O5S. The molecule has 1 N–H and O–H groups in total. The first-order valence-electron chi connectivity index (χ1n) is 7.49. The van der Waals surface area contributed by atoms with E-state index < -0.39 is 28.3 Å². The molecule has 0 atom stereocenters. The fraction of sp³-hybridized carbons (Fsp3) is 0.235. The van der Waals surface area contributed by atoms with E-state index in [1.165, 1.54) is 26.4 Å². The third kappa shape index (κ3) is 4.85. The zero-order chi connectivity index (χ0) is 19.3. The standard InChI is InChI=1S/C17H19FN2O5S/c1-24-14-8-9-15(16(10-14)25-2)19-17(21)11-20(26(3,22)23)13-6-4-12(18)5-7-13/h4-10H,11H2,1-3H3,(H,19,21). The Morgan fingerprint density at radius 1 is 1.12 bits per heavy atom. The van der Waals surface area contributed by atoms with Crippen LogP contribution in [0.25, 0.3) is 0 Å². The van der Waals surface area contributed by atoms with Crippen molar-refractivity contribution in [2.45, 2.75) is 0 Å². The summed E-state index contributed by atoms with van der Waals surface area (Å²) in [7, 11) is -0.810. The molecule has 9 heteroatoms. The van der Waals surface area contributed by atoms with Crippen LogP contribution < -0.4 is 19.1 Å². The van der Waals surface area contributed by atoms with E-state index in [0.717, 1.165) is 22.7 Å². The van der Waals surface area contributed by atoms with Gasteiger partial charge in [0.05, 0.1) is 31.9 Å². The Morgan fingerprint density at radius 2 is 1.77 bits per heavy atom.